The summed E-state index contributed by atoms with van der Waals surface area (Å²) in [6.07, 6.45) is 5.12. The van der Waals surface area contributed by atoms with Crippen LogP contribution in [-0.4, -0.2) is 40.1 Å². The average Bonchev–Trinajstić information content (AvgIpc) is 3.04. The molecule has 6 heteroatoms. The molecule has 2 N–H and O–H groups in total. The van der Waals surface area contributed by atoms with Crippen LogP contribution in [0.2, 0.25) is 0 Å². The lowest BCUT2D eigenvalue weighted by atomic mass is 9.93. The van der Waals surface area contributed by atoms with Crippen molar-refractivity contribution >= 4 is 23.8 Å². The summed E-state index contributed by atoms with van der Waals surface area (Å²) in [6, 6.07) is 6.83. The van der Waals surface area contributed by atoms with E-state index in [1.54, 1.807) is 16.0 Å². The van der Waals surface area contributed by atoms with E-state index < -0.39 is 11.9 Å². The highest BCUT2D eigenvalue weighted by atomic mass is 16.2. The zero-order valence-corrected chi connectivity index (χ0v) is 13.6. The van der Waals surface area contributed by atoms with Gasteiger partial charge in [0, 0.05) is 19.7 Å². The van der Waals surface area contributed by atoms with Crippen molar-refractivity contribution in [2.24, 2.45) is 5.73 Å². The number of carbonyl (C=O) groups is 3. The summed E-state index contributed by atoms with van der Waals surface area (Å²) in [6.45, 7) is 2.02. The van der Waals surface area contributed by atoms with E-state index in [-0.39, 0.29) is 24.3 Å². The van der Waals surface area contributed by atoms with E-state index in [0.717, 1.165) is 17.5 Å². The highest BCUT2D eigenvalue weighted by Crippen LogP contribution is 2.34. The number of nitrogens with two attached hydrogens (primary N) is 1. The van der Waals surface area contributed by atoms with Gasteiger partial charge in [-0.3, -0.25) is 14.4 Å². The third-order valence-electron chi connectivity index (χ3n) is 4.74. The Balaban J connectivity index is 1.86. The topological polar surface area (TPSA) is 83.7 Å². The molecule has 1 fully saturated rings. The van der Waals surface area contributed by atoms with E-state index in [0.29, 0.717) is 13.0 Å². The van der Waals surface area contributed by atoms with Crippen molar-refractivity contribution in [1.29, 1.82) is 0 Å². The Kier molecular flexibility index (Phi) is 4.38. The van der Waals surface area contributed by atoms with Crippen LogP contribution in [0, 0.1) is 0 Å². The molecule has 2 aliphatic heterocycles. The van der Waals surface area contributed by atoms with Gasteiger partial charge in [-0.2, -0.15) is 0 Å². The van der Waals surface area contributed by atoms with Gasteiger partial charge in [-0.15, -0.1) is 0 Å². The molecular formula is C18H21N3O3. The van der Waals surface area contributed by atoms with Crippen molar-refractivity contribution in [3.63, 3.8) is 0 Å². The van der Waals surface area contributed by atoms with E-state index in [2.05, 4.69) is 0 Å². The molecule has 0 radical (unpaired) electrons. The maximum Gasteiger partial charge on any atom is 0.240 e. The van der Waals surface area contributed by atoms with Crippen LogP contribution >= 0.6 is 0 Å². The molecule has 126 valence electrons. The molecule has 0 aliphatic carbocycles. The van der Waals surface area contributed by atoms with Crippen molar-refractivity contribution in [2.75, 3.05) is 6.54 Å². The van der Waals surface area contributed by atoms with Gasteiger partial charge in [0.2, 0.25) is 17.7 Å². The third-order valence-corrected chi connectivity index (χ3v) is 4.74. The van der Waals surface area contributed by atoms with Crippen LogP contribution in [0.25, 0.3) is 6.08 Å². The van der Waals surface area contributed by atoms with Crippen molar-refractivity contribution in [3.05, 3.63) is 41.6 Å². The van der Waals surface area contributed by atoms with E-state index in [4.69, 9.17) is 5.73 Å². The molecule has 0 unspecified atom stereocenters. The van der Waals surface area contributed by atoms with Crippen molar-refractivity contribution < 1.29 is 14.4 Å². The van der Waals surface area contributed by atoms with Crippen LogP contribution < -0.4 is 5.73 Å². The number of hydrogen-bond acceptors (Lipinski definition) is 3. The molecule has 0 aromatic heterocycles. The molecule has 0 spiro atoms. The third kappa shape index (κ3) is 2.91. The quantitative estimate of drug-likeness (QED) is 0.911. The fraction of sp³-hybridized carbons (Fsp3) is 0.389. The monoisotopic (exact) mass is 327 g/mol. The molecule has 0 bridgehead atoms. The normalized spacial score (nSPS) is 22.4. The van der Waals surface area contributed by atoms with E-state index in [1.165, 1.54) is 6.92 Å². The predicted octanol–water partition coefficient (Wildman–Crippen LogP) is 1.43. The Hall–Kier alpha value is -2.63. The van der Waals surface area contributed by atoms with Crippen molar-refractivity contribution in [1.82, 2.24) is 9.80 Å². The molecule has 1 saturated heterocycles. The van der Waals surface area contributed by atoms with Gasteiger partial charge in [-0.1, -0.05) is 24.3 Å². The van der Waals surface area contributed by atoms with Crippen LogP contribution in [0.4, 0.5) is 0 Å². The number of carbonyl (C=O) groups excluding carboxylic acids is 3. The highest BCUT2D eigenvalue weighted by molar-refractivity contribution is 5.88. The Morgan fingerprint density at radius 3 is 2.71 bits per heavy atom. The Morgan fingerprint density at radius 1 is 1.25 bits per heavy atom. The number of hydrogen-bond donors (Lipinski definition) is 1. The summed E-state index contributed by atoms with van der Waals surface area (Å²) in [7, 11) is 0. The van der Waals surface area contributed by atoms with Crippen LogP contribution in [-0.2, 0) is 14.4 Å². The van der Waals surface area contributed by atoms with Gasteiger partial charge >= 0.3 is 0 Å². The molecule has 6 nitrogen and oxygen atoms in total. The summed E-state index contributed by atoms with van der Waals surface area (Å²) in [4.78, 5) is 39.4. The average molecular weight is 327 g/mol. The number of benzene rings is 1. The van der Waals surface area contributed by atoms with Crippen LogP contribution in [0.15, 0.2) is 30.5 Å². The SMILES string of the molecule is CC(=O)N1C=Cc2ccccc2[C@H]1CC(=O)N1CCC[C@H]1C(N)=O. The highest BCUT2D eigenvalue weighted by Gasteiger charge is 2.36. The molecule has 3 rings (SSSR count). The van der Waals surface area contributed by atoms with Gasteiger partial charge in [0.1, 0.15) is 6.04 Å². The first-order chi connectivity index (χ1) is 11.5. The molecule has 2 heterocycles. The van der Waals surface area contributed by atoms with E-state index in [9.17, 15) is 14.4 Å². The van der Waals surface area contributed by atoms with Crippen LogP contribution in [0.5, 0.6) is 0 Å². The molecule has 24 heavy (non-hydrogen) atoms. The van der Waals surface area contributed by atoms with Crippen molar-refractivity contribution in [3.8, 4) is 0 Å². The molecule has 1 aromatic carbocycles. The lowest BCUT2D eigenvalue weighted by molar-refractivity contribution is -0.139. The summed E-state index contributed by atoms with van der Waals surface area (Å²) < 4.78 is 0. The standard InChI is InChI=1S/C18H21N3O3/c1-12(22)20-10-8-13-5-2-3-6-14(13)16(20)11-17(23)21-9-4-7-15(21)18(19)24/h2-3,5-6,8,10,15-16H,4,7,9,11H2,1H3,(H2,19,24)/t15-,16+/m0/s1. The van der Waals surface area contributed by atoms with E-state index >= 15 is 0 Å². The zero-order valence-electron chi connectivity index (χ0n) is 13.6. The minimum Gasteiger partial charge on any atom is -0.368 e. The molecule has 1 aromatic rings. The minimum atomic E-state index is -0.530. The summed E-state index contributed by atoms with van der Waals surface area (Å²) in [5.41, 5.74) is 7.35. The summed E-state index contributed by atoms with van der Waals surface area (Å²) in [5, 5.41) is 0. The Bertz CT molecular complexity index is 713. The minimum absolute atomic E-state index is 0.119. The first-order valence-corrected chi connectivity index (χ1v) is 8.14. The van der Waals surface area contributed by atoms with Crippen molar-refractivity contribution in [2.45, 2.75) is 38.3 Å². The number of amides is 3. The number of rotatable bonds is 3. The van der Waals surface area contributed by atoms with Crippen LogP contribution in [0.1, 0.15) is 43.4 Å². The molecule has 3 amide bonds. The Labute approximate surface area is 140 Å². The van der Waals surface area contributed by atoms with Gasteiger partial charge in [-0.05, 0) is 30.0 Å². The second-order valence-corrected chi connectivity index (χ2v) is 6.24. The molecular weight excluding hydrogens is 306 g/mol. The lowest BCUT2D eigenvalue weighted by Crippen LogP contribution is -2.45. The molecule has 2 aliphatic rings. The van der Waals surface area contributed by atoms with Gasteiger partial charge in [0.15, 0.2) is 0 Å². The summed E-state index contributed by atoms with van der Waals surface area (Å²) >= 11 is 0. The van der Waals surface area contributed by atoms with Gasteiger partial charge < -0.3 is 15.5 Å². The molecule has 0 saturated carbocycles. The van der Waals surface area contributed by atoms with Crippen LogP contribution in [0.3, 0.4) is 0 Å². The Morgan fingerprint density at radius 2 is 2.00 bits per heavy atom. The predicted molar refractivity (Wildman–Crippen MR) is 89.3 cm³/mol. The number of likely N-dealkylation sites (tertiary alicyclic amines) is 1. The largest absolute Gasteiger partial charge is 0.368 e. The fourth-order valence-corrected chi connectivity index (χ4v) is 3.56. The lowest BCUT2D eigenvalue weighted by Gasteiger charge is -2.34. The second-order valence-electron chi connectivity index (χ2n) is 6.24. The first kappa shape index (κ1) is 16.2. The van der Waals surface area contributed by atoms with Gasteiger partial charge in [-0.25, -0.2) is 0 Å². The zero-order chi connectivity index (χ0) is 17.3. The summed E-state index contributed by atoms with van der Waals surface area (Å²) in [5.74, 6) is -0.725. The van der Waals surface area contributed by atoms with Gasteiger partial charge in [0.05, 0.1) is 12.5 Å². The fourth-order valence-electron chi connectivity index (χ4n) is 3.56. The number of primary amides is 1. The number of nitrogens with zero attached hydrogens (tertiary/aromatic N) is 2. The maximum atomic E-state index is 12.8. The van der Waals surface area contributed by atoms with Gasteiger partial charge in [0.25, 0.3) is 0 Å². The second kappa shape index (κ2) is 6.47. The molecule has 2 atom stereocenters. The smallest absolute Gasteiger partial charge is 0.240 e. The number of fused-ring (bicyclic) bond motifs is 1. The van der Waals surface area contributed by atoms with E-state index in [1.807, 2.05) is 30.3 Å². The maximum absolute atomic E-state index is 12.8. The first-order valence-electron chi connectivity index (χ1n) is 8.14.